The number of ether oxygens (including phenoxy) is 1. The second-order valence-electron chi connectivity index (χ2n) is 5.26. The lowest BCUT2D eigenvalue weighted by Crippen LogP contribution is -2.33. The summed E-state index contributed by atoms with van der Waals surface area (Å²) in [5.41, 5.74) is 0.287. The lowest BCUT2D eigenvalue weighted by Gasteiger charge is -2.28. The number of alkyl halides is 3. The summed E-state index contributed by atoms with van der Waals surface area (Å²) in [6, 6.07) is 4.56. The Morgan fingerprint density at radius 1 is 1.38 bits per heavy atom. The van der Waals surface area contributed by atoms with Gasteiger partial charge in [-0.15, -0.1) is 0 Å². The Hall–Kier alpha value is -1.27. The van der Waals surface area contributed by atoms with Crippen molar-refractivity contribution in [1.29, 1.82) is 0 Å². The fraction of sp³-hybridized carbons (Fsp3) is 0.600. The van der Waals surface area contributed by atoms with Gasteiger partial charge in [-0.3, -0.25) is 0 Å². The van der Waals surface area contributed by atoms with Gasteiger partial charge in [0.15, 0.2) is 0 Å². The molecule has 0 spiro atoms. The molecule has 1 aromatic carbocycles. The number of halogens is 3. The van der Waals surface area contributed by atoms with Crippen LogP contribution in [0.15, 0.2) is 18.2 Å². The average Bonchev–Trinajstić information content (AvgIpc) is 2.97. The number of benzene rings is 1. The molecular formula is C15H21F3N2O. The second kappa shape index (κ2) is 6.66. The number of anilines is 1. The van der Waals surface area contributed by atoms with Crippen molar-refractivity contribution in [1.82, 2.24) is 5.32 Å². The summed E-state index contributed by atoms with van der Waals surface area (Å²) in [5, 5.41) is 3.05. The highest BCUT2D eigenvalue weighted by Gasteiger charge is 2.36. The van der Waals surface area contributed by atoms with Gasteiger partial charge in [0.2, 0.25) is 0 Å². The van der Waals surface area contributed by atoms with Crippen LogP contribution in [-0.2, 0) is 17.5 Å². The van der Waals surface area contributed by atoms with Crippen molar-refractivity contribution in [2.75, 3.05) is 31.7 Å². The lowest BCUT2D eigenvalue weighted by atomic mass is 10.1. The maximum atomic E-state index is 13.3. The molecule has 2 rings (SSSR count). The SMILES string of the molecule is CCNCc1ccc(N(C)C2CCOC2)c(C(F)(F)F)c1. The third-order valence-corrected chi connectivity index (χ3v) is 3.78. The number of likely N-dealkylation sites (N-methyl/N-ethyl adjacent to an activating group) is 1. The highest BCUT2D eigenvalue weighted by molar-refractivity contribution is 5.56. The quantitative estimate of drug-likeness (QED) is 0.905. The highest BCUT2D eigenvalue weighted by Crippen LogP contribution is 2.38. The van der Waals surface area contributed by atoms with E-state index in [4.69, 9.17) is 4.74 Å². The fourth-order valence-electron chi connectivity index (χ4n) is 2.52. The molecule has 0 radical (unpaired) electrons. The van der Waals surface area contributed by atoms with Crippen LogP contribution in [0, 0.1) is 0 Å². The second-order valence-corrected chi connectivity index (χ2v) is 5.26. The van der Waals surface area contributed by atoms with Crippen LogP contribution in [0.4, 0.5) is 18.9 Å². The van der Waals surface area contributed by atoms with Crippen molar-refractivity contribution in [2.45, 2.75) is 32.1 Å². The van der Waals surface area contributed by atoms with E-state index in [1.807, 2.05) is 6.92 Å². The van der Waals surface area contributed by atoms with Gasteiger partial charge >= 0.3 is 6.18 Å². The minimum Gasteiger partial charge on any atom is -0.379 e. The third kappa shape index (κ3) is 3.89. The van der Waals surface area contributed by atoms with E-state index < -0.39 is 11.7 Å². The molecule has 1 aromatic rings. The van der Waals surface area contributed by atoms with Crippen LogP contribution in [0.1, 0.15) is 24.5 Å². The molecule has 6 heteroatoms. The van der Waals surface area contributed by atoms with Gasteiger partial charge in [-0.05, 0) is 30.7 Å². The Balaban J connectivity index is 2.30. The molecule has 1 aliphatic rings. The third-order valence-electron chi connectivity index (χ3n) is 3.78. The van der Waals surface area contributed by atoms with Crippen LogP contribution in [0.25, 0.3) is 0 Å². The zero-order valence-corrected chi connectivity index (χ0v) is 12.3. The van der Waals surface area contributed by atoms with E-state index in [0.29, 0.717) is 25.3 Å². The maximum absolute atomic E-state index is 13.3. The summed E-state index contributed by atoms with van der Waals surface area (Å²) in [6.45, 7) is 4.17. The van der Waals surface area contributed by atoms with Crippen molar-refractivity contribution in [3.8, 4) is 0 Å². The zero-order valence-electron chi connectivity index (χ0n) is 12.3. The minimum atomic E-state index is -4.36. The Labute approximate surface area is 123 Å². The standard InChI is InChI=1S/C15H21F3N2O/c1-3-19-9-11-4-5-14(13(8-11)15(16,17)18)20(2)12-6-7-21-10-12/h4-5,8,12,19H,3,6-7,9-10H2,1-2H3. The first-order valence-corrected chi connectivity index (χ1v) is 7.15. The van der Waals surface area contributed by atoms with E-state index in [0.717, 1.165) is 13.0 Å². The van der Waals surface area contributed by atoms with Crippen molar-refractivity contribution in [3.05, 3.63) is 29.3 Å². The van der Waals surface area contributed by atoms with Gasteiger partial charge < -0.3 is 15.0 Å². The van der Waals surface area contributed by atoms with Crippen LogP contribution in [0.2, 0.25) is 0 Å². The smallest absolute Gasteiger partial charge is 0.379 e. The fourth-order valence-corrected chi connectivity index (χ4v) is 2.52. The molecule has 0 saturated carbocycles. The maximum Gasteiger partial charge on any atom is 0.418 e. The Bertz CT molecular complexity index is 470. The molecule has 3 nitrogen and oxygen atoms in total. The van der Waals surface area contributed by atoms with Gasteiger partial charge in [0.05, 0.1) is 18.2 Å². The van der Waals surface area contributed by atoms with Crippen LogP contribution >= 0.6 is 0 Å². The molecule has 21 heavy (non-hydrogen) atoms. The summed E-state index contributed by atoms with van der Waals surface area (Å²) in [7, 11) is 1.70. The topological polar surface area (TPSA) is 24.5 Å². The van der Waals surface area contributed by atoms with Crippen molar-refractivity contribution >= 4 is 5.69 Å². The number of nitrogens with zero attached hydrogens (tertiary/aromatic N) is 1. The van der Waals surface area contributed by atoms with Crippen LogP contribution in [0.3, 0.4) is 0 Å². The van der Waals surface area contributed by atoms with Crippen molar-refractivity contribution in [3.63, 3.8) is 0 Å². The van der Waals surface area contributed by atoms with E-state index in [9.17, 15) is 13.2 Å². The summed E-state index contributed by atoms with van der Waals surface area (Å²) >= 11 is 0. The van der Waals surface area contributed by atoms with Crippen molar-refractivity contribution < 1.29 is 17.9 Å². The van der Waals surface area contributed by atoms with E-state index in [2.05, 4.69) is 5.32 Å². The number of hydrogen-bond acceptors (Lipinski definition) is 3. The molecule has 1 N–H and O–H groups in total. The minimum absolute atomic E-state index is 0.00529. The Morgan fingerprint density at radius 3 is 2.71 bits per heavy atom. The van der Waals surface area contributed by atoms with Gasteiger partial charge in [0.1, 0.15) is 0 Å². The first kappa shape index (κ1) is 16.1. The predicted molar refractivity (Wildman–Crippen MR) is 76.5 cm³/mol. The van der Waals surface area contributed by atoms with E-state index in [1.54, 1.807) is 24.1 Å². The molecule has 0 amide bonds. The Morgan fingerprint density at radius 2 is 2.14 bits per heavy atom. The summed E-state index contributed by atoms with van der Waals surface area (Å²) in [4.78, 5) is 1.69. The molecule has 1 aliphatic heterocycles. The molecule has 0 aliphatic carbocycles. The zero-order chi connectivity index (χ0) is 15.5. The summed E-state index contributed by atoms with van der Waals surface area (Å²) in [5.74, 6) is 0. The number of hydrogen-bond donors (Lipinski definition) is 1. The van der Waals surface area contributed by atoms with Crippen LogP contribution < -0.4 is 10.2 Å². The number of nitrogens with one attached hydrogen (secondary N) is 1. The Kier molecular flexibility index (Phi) is 5.11. The first-order chi connectivity index (χ1) is 9.93. The van der Waals surface area contributed by atoms with Gasteiger partial charge in [-0.2, -0.15) is 13.2 Å². The van der Waals surface area contributed by atoms with Crippen molar-refractivity contribution in [2.24, 2.45) is 0 Å². The normalized spacial score (nSPS) is 19.0. The monoisotopic (exact) mass is 302 g/mol. The van der Waals surface area contributed by atoms with Crippen LogP contribution in [0.5, 0.6) is 0 Å². The summed E-state index contributed by atoms with van der Waals surface area (Å²) in [6.07, 6.45) is -3.60. The van der Waals surface area contributed by atoms with E-state index in [-0.39, 0.29) is 11.7 Å². The average molecular weight is 302 g/mol. The van der Waals surface area contributed by atoms with Crippen LogP contribution in [-0.4, -0.2) is 32.8 Å². The molecule has 1 fully saturated rings. The van der Waals surface area contributed by atoms with Gasteiger partial charge in [-0.1, -0.05) is 13.0 Å². The summed E-state index contributed by atoms with van der Waals surface area (Å²) < 4.78 is 45.2. The molecule has 1 saturated heterocycles. The van der Waals surface area contributed by atoms with Gasteiger partial charge in [-0.25, -0.2) is 0 Å². The van der Waals surface area contributed by atoms with Gasteiger partial charge in [0, 0.05) is 25.9 Å². The molecule has 118 valence electrons. The first-order valence-electron chi connectivity index (χ1n) is 7.15. The molecule has 1 atom stereocenters. The van der Waals surface area contributed by atoms with E-state index in [1.165, 1.54) is 6.07 Å². The molecule has 1 heterocycles. The van der Waals surface area contributed by atoms with E-state index >= 15 is 0 Å². The highest BCUT2D eigenvalue weighted by atomic mass is 19.4. The molecular weight excluding hydrogens is 281 g/mol. The molecule has 0 aromatic heterocycles. The largest absolute Gasteiger partial charge is 0.418 e. The number of rotatable bonds is 5. The molecule has 1 unspecified atom stereocenters. The lowest BCUT2D eigenvalue weighted by molar-refractivity contribution is -0.137. The molecule has 0 bridgehead atoms. The predicted octanol–water partition coefficient (Wildman–Crippen LogP) is 3.04. The van der Waals surface area contributed by atoms with Gasteiger partial charge in [0.25, 0.3) is 0 Å².